The highest BCUT2D eigenvalue weighted by molar-refractivity contribution is 4.99. The van der Waals surface area contributed by atoms with E-state index in [0.717, 1.165) is 31.7 Å². The zero-order valence-electron chi connectivity index (χ0n) is 8.01. The topological polar surface area (TPSA) is 33.3 Å². The van der Waals surface area contributed by atoms with Crippen LogP contribution in [0.1, 0.15) is 25.7 Å². The quantitative estimate of drug-likeness (QED) is 0.571. The lowest BCUT2D eigenvalue weighted by atomic mass is 9.82. The SMILES string of the molecule is C1CCC2NC3(CNC3)OCC2C1. The first-order chi connectivity index (χ1) is 6.38. The first kappa shape index (κ1) is 8.21. The summed E-state index contributed by atoms with van der Waals surface area (Å²) in [6.07, 6.45) is 5.52. The minimum Gasteiger partial charge on any atom is -0.358 e. The monoisotopic (exact) mass is 182 g/mol. The lowest BCUT2D eigenvalue weighted by molar-refractivity contribution is -0.165. The van der Waals surface area contributed by atoms with Crippen molar-refractivity contribution in [3.8, 4) is 0 Å². The van der Waals surface area contributed by atoms with Gasteiger partial charge in [0.05, 0.1) is 6.61 Å². The van der Waals surface area contributed by atoms with Gasteiger partial charge in [0.1, 0.15) is 5.72 Å². The molecule has 74 valence electrons. The van der Waals surface area contributed by atoms with Gasteiger partial charge in [-0.2, -0.15) is 0 Å². The number of hydrogen-bond acceptors (Lipinski definition) is 3. The molecule has 3 fully saturated rings. The molecule has 3 nitrogen and oxygen atoms in total. The van der Waals surface area contributed by atoms with Gasteiger partial charge < -0.3 is 10.1 Å². The first-order valence-corrected chi connectivity index (χ1v) is 5.50. The standard InChI is InChI=1S/C10H18N2O/c1-2-4-9-8(3-1)5-13-10(12-9)6-11-7-10/h8-9,11-12H,1-7H2. The summed E-state index contributed by atoms with van der Waals surface area (Å²) < 4.78 is 5.90. The average molecular weight is 182 g/mol. The van der Waals surface area contributed by atoms with E-state index in [4.69, 9.17) is 4.74 Å². The van der Waals surface area contributed by atoms with E-state index in [1.807, 2.05) is 0 Å². The summed E-state index contributed by atoms with van der Waals surface area (Å²) in [4.78, 5) is 0. The van der Waals surface area contributed by atoms with E-state index < -0.39 is 0 Å². The van der Waals surface area contributed by atoms with Crippen molar-refractivity contribution in [3.63, 3.8) is 0 Å². The summed E-state index contributed by atoms with van der Waals surface area (Å²) in [6.45, 7) is 2.98. The average Bonchev–Trinajstić information content (AvgIpc) is 2.15. The molecule has 0 aromatic carbocycles. The van der Waals surface area contributed by atoms with Gasteiger partial charge in [-0.05, 0) is 18.8 Å². The molecule has 0 radical (unpaired) electrons. The Bertz CT molecular complexity index is 203. The van der Waals surface area contributed by atoms with Crippen molar-refractivity contribution in [1.29, 1.82) is 0 Å². The predicted octanol–water partition coefficient (Wildman–Crippen LogP) is 0.464. The molecule has 1 aliphatic carbocycles. The van der Waals surface area contributed by atoms with Gasteiger partial charge in [0.15, 0.2) is 0 Å². The Morgan fingerprint density at radius 1 is 1.15 bits per heavy atom. The van der Waals surface area contributed by atoms with Crippen LogP contribution >= 0.6 is 0 Å². The van der Waals surface area contributed by atoms with Crippen molar-refractivity contribution in [2.75, 3.05) is 19.7 Å². The van der Waals surface area contributed by atoms with Crippen molar-refractivity contribution in [2.45, 2.75) is 37.5 Å². The molecule has 0 aromatic rings. The van der Waals surface area contributed by atoms with Gasteiger partial charge in [0.2, 0.25) is 0 Å². The molecule has 1 saturated carbocycles. The predicted molar refractivity (Wildman–Crippen MR) is 50.4 cm³/mol. The second-order valence-corrected chi connectivity index (χ2v) is 4.70. The van der Waals surface area contributed by atoms with Crippen LogP contribution in [0.15, 0.2) is 0 Å². The van der Waals surface area contributed by atoms with E-state index in [1.54, 1.807) is 0 Å². The summed E-state index contributed by atoms with van der Waals surface area (Å²) >= 11 is 0. The largest absolute Gasteiger partial charge is 0.358 e. The molecule has 3 rings (SSSR count). The van der Waals surface area contributed by atoms with Gasteiger partial charge in [-0.15, -0.1) is 0 Å². The van der Waals surface area contributed by atoms with Crippen molar-refractivity contribution >= 4 is 0 Å². The molecule has 2 atom stereocenters. The van der Waals surface area contributed by atoms with Gasteiger partial charge >= 0.3 is 0 Å². The Morgan fingerprint density at radius 2 is 2.00 bits per heavy atom. The van der Waals surface area contributed by atoms with Crippen LogP contribution in [0.2, 0.25) is 0 Å². The maximum absolute atomic E-state index is 5.90. The molecule has 2 aliphatic heterocycles. The maximum atomic E-state index is 5.90. The van der Waals surface area contributed by atoms with Crippen LogP contribution in [-0.4, -0.2) is 31.5 Å². The van der Waals surface area contributed by atoms with Gasteiger partial charge in [-0.3, -0.25) is 5.32 Å². The highest BCUT2D eigenvalue weighted by Crippen LogP contribution is 2.32. The lowest BCUT2D eigenvalue weighted by Gasteiger charge is -2.52. The van der Waals surface area contributed by atoms with Gasteiger partial charge in [-0.1, -0.05) is 12.8 Å². The van der Waals surface area contributed by atoms with E-state index in [0.29, 0.717) is 0 Å². The van der Waals surface area contributed by atoms with Crippen LogP contribution in [0.3, 0.4) is 0 Å². The molecule has 0 amide bonds. The fourth-order valence-corrected chi connectivity index (χ4v) is 2.80. The van der Waals surface area contributed by atoms with Crippen LogP contribution in [-0.2, 0) is 4.74 Å². The van der Waals surface area contributed by atoms with Crippen molar-refractivity contribution in [2.24, 2.45) is 5.92 Å². The molecule has 3 heteroatoms. The molecule has 1 spiro atoms. The Labute approximate surface area is 79.2 Å². The van der Waals surface area contributed by atoms with Crippen molar-refractivity contribution in [1.82, 2.24) is 10.6 Å². The Morgan fingerprint density at radius 3 is 2.77 bits per heavy atom. The highest BCUT2D eigenvalue weighted by Gasteiger charge is 2.45. The second kappa shape index (κ2) is 2.94. The third kappa shape index (κ3) is 1.30. The van der Waals surface area contributed by atoms with Crippen molar-refractivity contribution in [3.05, 3.63) is 0 Å². The number of hydrogen-bond donors (Lipinski definition) is 2. The van der Waals surface area contributed by atoms with E-state index in [-0.39, 0.29) is 5.72 Å². The minimum atomic E-state index is 0.0263. The van der Waals surface area contributed by atoms with Crippen LogP contribution in [0, 0.1) is 5.92 Å². The third-order valence-electron chi connectivity index (χ3n) is 3.75. The molecule has 2 N–H and O–H groups in total. The fourth-order valence-electron chi connectivity index (χ4n) is 2.80. The van der Waals surface area contributed by atoms with E-state index in [2.05, 4.69) is 10.6 Å². The molecule has 13 heavy (non-hydrogen) atoms. The molecule has 2 saturated heterocycles. The van der Waals surface area contributed by atoms with Crippen LogP contribution < -0.4 is 10.6 Å². The second-order valence-electron chi connectivity index (χ2n) is 4.70. The van der Waals surface area contributed by atoms with E-state index in [9.17, 15) is 0 Å². The zero-order valence-corrected chi connectivity index (χ0v) is 8.01. The van der Waals surface area contributed by atoms with Crippen molar-refractivity contribution < 1.29 is 4.74 Å². The minimum absolute atomic E-state index is 0.0263. The number of fused-ring (bicyclic) bond motifs is 1. The zero-order chi connectivity index (χ0) is 8.73. The first-order valence-electron chi connectivity index (χ1n) is 5.50. The Hall–Kier alpha value is -0.120. The van der Waals surface area contributed by atoms with Gasteiger partial charge in [-0.25, -0.2) is 0 Å². The number of rotatable bonds is 0. The summed E-state index contributed by atoms with van der Waals surface area (Å²) in [7, 11) is 0. The Balaban J connectivity index is 1.69. The Kier molecular flexibility index (Phi) is 1.86. The van der Waals surface area contributed by atoms with Crippen LogP contribution in [0.5, 0.6) is 0 Å². The molecular formula is C10H18N2O. The molecule has 2 heterocycles. The molecular weight excluding hydrogens is 164 g/mol. The van der Waals surface area contributed by atoms with Gasteiger partial charge in [0.25, 0.3) is 0 Å². The summed E-state index contributed by atoms with van der Waals surface area (Å²) in [5.74, 6) is 0.792. The van der Waals surface area contributed by atoms with Gasteiger partial charge in [0, 0.05) is 19.1 Å². The van der Waals surface area contributed by atoms with E-state index >= 15 is 0 Å². The molecule has 3 aliphatic rings. The maximum Gasteiger partial charge on any atom is 0.144 e. The molecule has 0 bridgehead atoms. The fraction of sp³-hybridized carbons (Fsp3) is 1.00. The summed E-state index contributed by atoms with van der Waals surface area (Å²) in [6, 6.07) is 0.740. The number of ether oxygens (including phenoxy) is 1. The van der Waals surface area contributed by atoms with Crippen LogP contribution in [0.4, 0.5) is 0 Å². The lowest BCUT2D eigenvalue weighted by Crippen LogP contribution is -2.74. The number of nitrogens with one attached hydrogen (secondary N) is 2. The summed E-state index contributed by atoms with van der Waals surface area (Å²) in [5, 5.41) is 6.96. The summed E-state index contributed by atoms with van der Waals surface area (Å²) in [5.41, 5.74) is 0.0263. The van der Waals surface area contributed by atoms with E-state index in [1.165, 1.54) is 25.7 Å². The molecule has 2 unspecified atom stereocenters. The normalized spacial score (nSPS) is 42.5. The molecule has 0 aromatic heterocycles. The highest BCUT2D eigenvalue weighted by atomic mass is 16.5. The van der Waals surface area contributed by atoms with Crippen LogP contribution in [0.25, 0.3) is 0 Å². The third-order valence-corrected chi connectivity index (χ3v) is 3.75. The smallest absolute Gasteiger partial charge is 0.144 e.